The molecule has 0 aliphatic heterocycles. The molecule has 1 aromatic rings. The van der Waals surface area contributed by atoms with Crippen molar-refractivity contribution in [3.8, 4) is 11.5 Å². The SMILES string of the molecule is COc1ccc(C(C)=NN)c(OC)c1. The van der Waals surface area contributed by atoms with Crippen LogP contribution in [0.5, 0.6) is 11.5 Å². The van der Waals surface area contributed by atoms with Crippen LogP contribution >= 0.6 is 0 Å². The lowest BCUT2D eigenvalue weighted by molar-refractivity contribution is 0.394. The zero-order valence-electron chi connectivity index (χ0n) is 8.57. The quantitative estimate of drug-likeness (QED) is 0.449. The van der Waals surface area contributed by atoms with E-state index in [4.69, 9.17) is 15.3 Å². The number of methoxy groups -OCH3 is 2. The summed E-state index contributed by atoms with van der Waals surface area (Å²) in [5.41, 5.74) is 1.60. The van der Waals surface area contributed by atoms with Crippen LogP contribution in [-0.2, 0) is 0 Å². The van der Waals surface area contributed by atoms with Gasteiger partial charge in [0.05, 0.1) is 19.9 Å². The third-order valence-corrected chi connectivity index (χ3v) is 1.99. The van der Waals surface area contributed by atoms with E-state index in [1.807, 2.05) is 19.1 Å². The average Bonchev–Trinajstić information content (AvgIpc) is 2.27. The molecule has 14 heavy (non-hydrogen) atoms. The molecule has 0 atom stereocenters. The fourth-order valence-electron chi connectivity index (χ4n) is 1.17. The Bertz CT molecular complexity index is 348. The highest BCUT2D eigenvalue weighted by Gasteiger charge is 2.07. The Kier molecular flexibility index (Phi) is 3.34. The molecule has 0 fully saturated rings. The lowest BCUT2D eigenvalue weighted by Gasteiger charge is -2.09. The highest BCUT2D eigenvalue weighted by atomic mass is 16.5. The van der Waals surface area contributed by atoms with Gasteiger partial charge in [-0.2, -0.15) is 5.10 Å². The summed E-state index contributed by atoms with van der Waals surface area (Å²) in [5, 5.41) is 3.62. The number of hydrogen-bond acceptors (Lipinski definition) is 4. The van der Waals surface area contributed by atoms with Gasteiger partial charge in [0.25, 0.3) is 0 Å². The first-order valence-electron chi connectivity index (χ1n) is 4.19. The minimum Gasteiger partial charge on any atom is -0.497 e. The molecular formula is C10H14N2O2. The Balaban J connectivity index is 3.18. The van der Waals surface area contributed by atoms with Gasteiger partial charge in [0, 0.05) is 11.6 Å². The van der Waals surface area contributed by atoms with Crippen LogP contribution in [0.2, 0.25) is 0 Å². The van der Waals surface area contributed by atoms with E-state index >= 15 is 0 Å². The van der Waals surface area contributed by atoms with Gasteiger partial charge >= 0.3 is 0 Å². The third kappa shape index (κ3) is 1.96. The second-order valence-corrected chi connectivity index (χ2v) is 2.78. The number of nitrogens with zero attached hydrogens (tertiary/aromatic N) is 1. The van der Waals surface area contributed by atoms with Gasteiger partial charge in [-0.05, 0) is 19.1 Å². The van der Waals surface area contributed by atoms with Crippen molar-refractivity contribution in [1.82, 2.24) is 0 Å². The standard InChI is InChI=1S/C10H14N2O2/c1-7(12-11)9-5-4-8(13-2)6-10(9)14-3/h4-6H,11H2,1-3H3. The molecule has 0 aliphatic rings. The second-order valence-electron chi connectivity index (χ2n) is 2.78. The summed E-state index contributed by atoms with van der Waals surface area (Å²) >= 11 is 0. The van der Waals surface area contributed by atoms with Gasteiger partial charge in [-0.25, -0.2) is 0 Å². The van der Waals surface area contributed by atoms with Gasteiger partial charge in [-0.3, -0.25) is 0 Å². The van der Waals surface area contributed by atoms with E-state index in [0.29, 0.717) is 5.75 Å². The fourth-order valence-corrected chi connectivity index (χ4v) is 1.17. The van der Waals surface area contributed by atoms with Crippen molar-refractivity contribution < 1.29 is 9.47 Å². The van der Waals surface area contributed by atoms with E-state index in [0.717, 1.165) is 17.0 Å². The minimum atomic E-state index is 0.705. The van der Waals surface area contributed by atoms with Crippen molar-refractivity contribution in [3.63, 3.8) is 0 Å². The van der Waals surface area contributed by atoms with E-state index in [2.05, 4.69) is 5.10 Å². The van der Waals surface area contributed by atoms with Crippen molar-refractivity contribution in [3.05, 3.63) is 23.8 Å². The summed E-state index contributed by atoms with van der Waals surface area (Å²) in [6.45, 7) is 1.82. The molecule has 0 aliphatic carbocycles. The molecule has 0 heterocycles. The minimum absolute atomic E-state index is 0.705. The van der Waals surface area contributed by atoms with E-state index in [1.165, 1.54) is 0 Å². The molecule has 0 amide bonds. The third-order valence-electron chi connectivity index (χ3n) is 1.99. The zero-order valence-corrected chi connectivity index (χ0v) is 8.57. The van der Waals surface area contributed by atoms with Crippen molar-refractivity contribution >= 4 is 5.71 Å². The first kappa shape index (κ1) is 10.4. The van der Waals surface area contributed by atoms with E-state index in [-0.39, 0.29) is 0 Å². The number of benzene rings is 1. The summed E-state index contributed by atoms with van der Waals surface area (Å²) in [4.78, 5) is 0. The number of hydrogen-bond donors (Lipinski definition) is 1. The predicted octanol–water partition coefficient (Wildman–Crippen LogP) is 1.39. The molecule has 0 saturated heterocycles. The molecule has 0 unspecified atom stereocenters. The van der Waals surface area contributed by atoms with E-state index < -0.39 is 0 Å². The van der Waals surface area contributed by atoms with Gasteiger partial charge in [0.15, 0.2) is 0 Å². The molecule has 1 rings (SSSR count). The fraction of sp³-hybridized carbons (Fsp3) is 0.300. The van der Waals surface area contributed by atoms with Crippen LogP contribution in [-0.4, -0.2) is 19.9 Å². The van der Waals surface area contributed by atoms with E-state index in [1.54, 1.807) is 20.3 Å². The largest absolute Gasteiger partial charge is 0.497 e. The molecule has 1 aromatic carbocycles. The molecule has 4 nitrogen and oxygen atoms in total. The molecule has 4 heteroatoms. The van der Waals surface area contributed by atoms with Crippen LogP contribution in [0.15, 0.2) is 23.3 Å². The highest BCUT2D eigenvalue weighted by Crippen LogP contribution is 2.24. The Labute approximate surface area is 83.3 Å². The maximum absolute atomic E-state index is 5.20. The van der Waals surface area contributed by atoms with Crippen molar-refractivity contribution in [2.24, 2.45) is 10.9 Å². The van der Waals surface area contributed by atoms with Gasteiger partial charge in [-0.15, -0.1) is 0 Å². The lowest BCUT2D eigenvalue weighted by Crippen LogP contribution is -2.02. The Morgan fingerprint density at radius 1 is 1.29 bits per heavy atom. The lowest BCUT2D eigenvalue weighted by atomic mass is 10.1. The first-order chi connectivity index (χ1) is 6.72. The number of rotatable bonds is 3. The average molecular weight is 194 g/mol. The molecule has 0 radical (unpaired) electrons. The highest BCUT2D eigenvalue weighted by molar-refractivity contribution is 6.01. The zero-order chi connectivity index (χ0) is 10.6. The Morgan fingerprint density at radius 2 is 2.00 bits per heavy atom. The second kappa shape index (κ2) is 4.50. The van der Waals surface area contributed by atoms with E-state index in [9.17, 15) is 0 Å². The van der Waals surface area contributed by atoms with Crippen molar-refractivity contribution in [2.75, 3.05) is 14.2 Å². The van der Waals surface area contributed by atoms with Crippen molar-refractivity contribution in [1.29, 1.82) is 0 Å². The van der Waals surface area contributed by atoms with Crippen LogP contribution in [0, 0.1) is 0 Å². The van der Waals surface area contributed by atoms with Gasteiger partial charge in [0.1, 0.15) is 11.5 Å². The molecule has 0 spiro atoms. The molecule has 76 valence electrons. The molecular weight excluding hydrogens is 180 g/mol. The van der Waals surface area contributed by atoms with Crippen LogP contribution < -0.4 is 15.3 Å². The van der Waals surface area contributed by atoms with Gasteiger partial charge < -0.3 is 15.3 Å². The summed E-state index contributed by atoms with van der Waals surface area (Å²) in [7, 11) is 3.21. The first-order valence-corrected chi connectivity index (χ1v) is 4.19. The smallest absolute Gasteiger partial charge is 0.131 e. The number of ether oxygens (including phenoxy) is 2. The van der Waals surface area contributed by atoms with Crippen molar-refractivity contribution in [2.45, 2.75) is 6.92 Å². The Hall–Kier alpha value is -1.71. The van der Waals surface area contributed by atoms with Crippen LogP contribution in [0.1, 0.15) is 12.5 Å². The normalized spacial score (nSPS) is 11.2. The maximum Gasteiger partial charge on any atom is 0.131 e. The number of hydrazone groups is 1. The molecule has 0 saturated carbocycles. The van der Waals surface area contributed by atoms with Gasteiger partial charge in [-0.1, -0.05) is 0 Å². The number of nitrogens with two attached hydrogens (primary N) is 1. The van der Waals surface area contributed by atoms with Gasteiger partial charge in [0.2, 0.25) is 0 Å². The molecule has 2 N–H and O–H groups in total. The summed E-state index contributed by atoms with van der Waals surface area (Å²) in [6, 6.07) is 5.50. The summed E-state index contributed by atoms with van der Waals surface area (Å²) in [6.07, 6.45) is 0. The van der Waals surface area contributed by atoms with Crippen LogP contribution in [0.3, 0.4) is 0 Å². The molecule has 0 bridgehead atoms. The predicted molar refractivity (Wildman–Crippen MR) is 55.9 cm³/mol. The summed E-state index contributed by atoms with van der Waals surface area (Å²) in [5.74, 6) is 6.65. The summed E-state index contributed by atoms with van der Waals surface area (Å²) < 4.78 is 10.3. The topological polar surface area (TPSA) is 56.8 Å². The monoisotopic (exact) mass is 194 g/mol. The van der Waals surface area contributed by atoms with Crippen LogP contribution in [0.4, 0.5) is 0 Å². The van der Waals surface area contributed by atoms with Crippen LogP contribution in [0.25, 0.3) is 0 Å². The maximum atomic E-state index is 5.20. The molecule has 0 aromatic heterocycles. The Morgan fingerprint density at radius 3 is 2.50 bits per heavy atom.